The van der Waals surface area contributed by atoms with Crippen molar-refractivity contribution in [2.75, 3.05) is 6.54 Å². The summed E-state index contributed by atoms with van der Waals surface area (Å²) in [6.45, 7) is 2.54. The van der Waals surface area contributed by atoms with Crippen LogP contribution in [0.15, 0.2) is 24.5 Å². The van der Waals surface area contributed by atoms with Crippen molar-refractivity contribution in [1.82, 2.24) is 9.78 Å². The molecule has 0 fully saturated rings. The second-order valence-electron chi connectivity index (χ2n) is 3.39. The predicted octanol–water partition coefficient (Wildman–Crippen LogP) is 2.45. The van der Waals surface area contributed by atoms with Gasteiger partial charge in [0.25, 0.3) is 0 Å². The van der Waals surface area contributed by atoms with E-state index in [1.54, 1.807) is 11.3 Å². The molecular formula is C10H12ClN3S. The van der Waals surface area contributed by atoms with E-state index in [1.165, 1.54) is 0 Å². The van der Waals surface area contributed by atoms with Crippen molar-refractivity contribution < 1.29 is 0 Å². The highest BCUT2D eigenvalue weighted by Crippen LogP contribution is 2.28. The Morgan fingerprint density at radius 3 is 2.87 bits per heavy atom. The molecule has 2 N–H and O–H groups in total. The summed E-state index contributed by atoms with van der Waals surface area (Å²) < 4.78 is 2.67. The third-order valence-electron chi connectivity index (χ3n) is 2.20. The van der Waals surface area contributed by atoms with Crippen LogP contribution in [-0.4, -0.2) is 16.3 Å². The van der Waals surface area contributed by atoms with E-state index in [4.69, 9.17) is 17.3 Å². The molecule has 0 bridgehead atoms. The lowest BCUT2D eigenvalue weighted by Crippen LogP contribution is -2.19. The van der Waals surface area contributed by atoms with Crippen molar-refractivity contribution >= 4 is 22.9 Å². The number of hydrogen-bond donors (Lipinski definition) is 1. The van der Waals surface area contributed by atoms with E-state index in [0.717, 1.165) is 14.8 Å². The molecule has 2 aromatic rings. The lowest BCUT2D eigenvalue weighted by atomic mass is 10.2. The van der Waals surface area contributed by atoms with E-state index < -0.39 is 0 Å². The van der Waals surface area contributed by atoms with E-state index in [1.807, 2.05) is 36.1 Å². The smallest absolute Gasteiger partial charge is 0.0982 e. The van der Waals surface area contributed by atoms with Gasteiger partial charge in [-0.05, 0) is 24.6 Å². The summed E-state index contributed by atoms with van der Waals surface area (Å²) in [5.74, 6) is 0. The summed E-state index contributed by atoms with van der Waals surface area (Å²) in [5, 5.41) is 4.27. The van der Waals surface area contributed by atoms with Crippen LogP contribution < -0.4 is 5.73 Å². The molecule has 3 nitrogen and oxygen atoms in total. The standard InChI is InChI=1S/C10H12ClN3S/c1-7-5-13-14(6-7)8(4-12)9-2-3-10(11)15-9/h2-3,5-6,8H,4,12H2,1H3. The van der Waals surface area contributed by atoms with Crippen LogP contribution in [0, 0.1) is 6.92 Å². The maximum atomic E-state index is 5.90. The van der Waals surface area contributed by atoms with Gasteiger partial charge in [-0.3, -0.25) is 4.68 Å². The molecule has 0 amide bonds. The molecule has 0 saturated heterocycles. The maximum Gasteiger partial charge on any atom is 0.0982 e. The summed E-state index contributed by atoms with van der Waals surface area (Å²) in [4.78, 5) is 1.14. The number of halogens is 1. The number of hydrogen-bond acceptors (Lipinski definition) is 3. The first-order chi connectivity index (χ1) is 7.20. The quantitative estimate of drug-likeness (QED) is 0.897. The number of nitrogens with two attached hydrogens (primary N) is 1. The maximum absolute atomic E-state index is 5.90. The largest absolute Gasteiger partial charge is 0.328 e. The van der Waals surface area contributed by atoms with Crippen LogP contribution in [0.5, 0.6) is 0 Å². The van der Waals surface area contributed by atoms with E-state index >= 15 is 0 Å². The first-order valence-electron chi connectivity index (χ1n) is 4.67. The molecule has 0 radical (unpaired) electrons. The van der Waals surface area contributed by atoms with Gasteiger partial charge in [-0.15, -0.1) is 11.3 Å². The summed E-state index contributed by atoms with van der Waals surface area (Å²) >= 11 is 7.45. The normalized spacial score (nSPS) is 13.0. The van der Waals surface area contributed by atoms with Crippen LogP contribution in [0.25, 0.3) is 0 Å². The molecule has 15 heavy (non-hydrogen) atoms. The van der Waals surface area contributed by atoms with Crippen molar-refractivity contribution in [2.24, 2.45) is 5.73 Å². The number of aromatic nitrogens is 2. The first kappa shape index (κ1) is 10.7. The van der Waals surface area contributed by atoms with Gasteiger partial charge in [-0.25, -0.2) is 0 Å². The fourth-order valence-electron chi connectivity index (χ4n) is 1.47. The van der Waals surface area contributed by atoms with Crippen molar-refractivity contribution in [1.29, 1.82) is 0 Å². The average Bonchev–Trinajstić information content (AvgIpc) is 2.78. The summed E-state index contributed by atoms with van der Waals surface area (Å²) in [6.07, 6.45) is 3.82. The Hall–Kier alpha value is -0.840. The molecule has 5 heteroatoms. The average molecular weight is 242 g/mol. The fourth-order valence-corrected chi connectivity index (χ4v) is 2.63. The molecule has 0 aliphatic heterocycles. The zero-order valence-electron chi connectivity index (χ0n) is 8.35. The third-order valence-corrected chi connectivity index (χ3v) is 3.53. The molecule has 1 unspecified atom stereocenters. The summed E-state index contributed by atoms with van der Waals surface area (Å²) in [5.41, 5.74) is 6.89. The van der Waals surface area contributed by atoms with Gasteiger partial charge >= 0.3 is 0 Å². The van der Waals surface area contributed by atoms with E-state index in [-0.39, 0.29) is 6.04 Å². The molecule has 0 aromatic carbocycles. The molecule has 2 rings (SSSR count). The SMILES string of the molecule is Cc1cnn(C(CN)c2ccc(Cl)s2)c1. The molecule has 2 heterocycles. The Morgan fingerprint density at radius 2 is 2.40 bits per heavy atom. The third kappa shape index (κ3) is 2.22. The van der Waals surface area contributed by atoms with Crippen LogP contribution in [0.4, 0.5) is 0 Å². The lowest BCUT2D eigenvalue weighted by molar-refractivity contribution is 0.539. The molecule has 0 spiro atoms. The van der Waals surface area contributed by atoms with Crippen LogP contribution in [0.1, 0.15) is 16.5 Å². The topological polar surface area (TPSA) is 43.8 Å². The van der Waals surface area contributed by atoms with Crippen LogP contribution >= 0.6 is 22.9 Å². The second kappa shape index (κ2) is 4.35. The predicted molar refractivity (Wildman–Crippen MR) is 63.5 cm³/mol. The van der Waals surface area contributed by atoms with Crippen molar-refractivity contribution in [3.63, 3.8) is 0 Å². The Morgan fingerprint density at radius 1 is 1.60 bits per heavy atom. The number of thiophene rings is 1. The minimum absolute atomic E-state index is 0.0937. The monoisotopic (exact) mass is 241 g/mol. The summed E-state index contributed by atoms with van der Waals surface area (Å²) in [7, 11) is 0. The van der Waals surface area contributed by atoms with Gasteiger partial charge in [0.1, 0.15) is 0 Å². The minimum atomic E-state index is 0.0937. The van der Waals surface area contributed by atoms with Crippen LogP contribution in [0.2, 0.25) is 4.34 Å². The van der Waals surface area contributed by atoms with Gasteiger partial charge in [0, 0.05) is 17.6 Å². The highest BCUT2D eigenvalue weighted by atomic mass is 35.5. The highest BCUT2D eigenvalue weighted by molar-refractivity contribution is 7.16. The molecule has 0 saturated carbocycles. The molecule has 2 aromatic heterocycles. The Bertz CT molecular complexity index is 409. The van der Waals surface area contributed by atoms with Crippen molar-refractivity contribution in [3.8, 4) is 0 Å². The lowest BCUT2D eigenvalue weighted by Gasteiger charge is -2.13. The second-order valence-corrected chi connectivity index (χ2v) is 5.14. The van der Waals surface area contributed by atoms with Gasteiger partial charge in [-0.2, -0.15) is 5.10 Å². The van der Waals surface area contributed by atoms with Gasteiger partial charge in [0.15, 0.2) is 0 Å². The zero-order valence-corrected chi connectivity index (χ0v) is 9.92. The Labute approximate surface area is 97.5 Å². The number of rotatable bonds is 3. The highest BCUT2D eigenvalue weighted by Gasteiger charge is 2.14. The van der Waals surface area contributed by atoms with Gasteiger partial charge < -0.3 is 5.73 Å². The molecule has 1 atom stereocenters. The fraction of sp³-hybridized carbons (Fsp3) is 0.300. The van der Waals surface area contributed by atoms with Gasteiger partial charge in [0.05, 0.1) is 16.6 Å². The van der Waals surface area contributed by atoms with Crippen LogP contribution in [0.3, 0.4) is 0 Å². The molecule has 0 aliphatic rings. The Kier molecular flexibility index (Phi) is 3.09. The van der Waals surface area contributed by atoms with E-state index in [9.17, 15) is 0 Å². The zero-order chi connectivity index (χ0) is 10.8. The Balaban J connectivity index is 2.32. The molecule has 0 aliphatic carbocycles. The number of aryl methyl sites for hydroxylation is 1. The van der Waals surface area contributed by atoms with Crippen LogP contribution in [-0.2, 0) is 0 Å². The minimum Gasteiger partial charge on any atom is -0.328 e. The van der Waals surface area contributed by atoms with Crippen molar-refractivity contribution in [2.45, 2.75) is 13.0 Å². The van der Waals surface area contributed by atoms with E-state index in [0.29, 0.717) is 6.54 Å². The van der Waals surface area contributed by atoms with Crippen molar-refractivity contribution in [3.05, 3.63) is 39.3 Å². The first-order valence-corrected chi connectivity index (χ1v) is 5.86. The van der Waals surface area contributed by atoms with E-state index in [2.05, 4.69) is 5.10 Å². The molecular weight excluding hydrogens is 230 g/mol. The van der Waals surface area contributed by atoms with Gasteiger partial charge in [-0.1, -0.05) is 11.6 Å². The number of nitrogens with zero attached hydrogens (tertiary/aromatic N) is 2. The summed E-state index contributed by atoms with van der Waals surface area (Å²) in [6, 6.07) is 3.98. The van der Waals surface area contributed by atoms with Gasteiger partial charge in [0.2, 0.25) is 0 Å². The molecule has 80 valence electrons.